The van der Waals surface area contributed by atoms with E-state index >= 15 is 0 Å². The van der Waals surface area contributed by atoms with Crippen molar-refractivity contribution in [2.75, 3.05) is 7.05 Å². The van der Waals surface area contributed by atoms with Crippen molar-refractivity contribution >= 4 is 86.5 Å². The van der Waals surface area contributed by atoms with Gasteiger partial charge in [0.25, 0.3) is 0 Å². The predicted molar refractivity (Wildman–Crippen MR) is 243 cm³/mol. The Morgan fingerprint density at radius 1 is 0.474 bits per heavy atom. The summed E-state index contributed by atoms with van der Waals surface area (Å²) in [6.07, 6.45) is 0. The lowest BCUT2D eigenvalue weighted by molar-refractivity contribution is 0.669. The minimum absolute atomic E-state index is 0.644. The van der Waals surface area contributed by atoms with Crippen molar-refractivity contribution in [3.63, 3.8) is 0 Å². The summed E-state index contributed by atoms with van der Waals surface area (Å²) in [6, 6.07) is 66.9. The molecule has 3 nitrogen and oxygen atoms in total. The minimum Gasteiger partial charge on any atom is -0.456 e. The van der Waals surface area contributed by atoms with E-state index in [2.05, 4.69) is 176 Å². The highest BCUT2D eigenvalue weighted by atomic mass is 32.1. The van der Waals surface area contributed by atoms with Crippen LogP contribution < -0.4 is 0 Å². The van der Waals surface area contributed by atoms with Crippen molar-refractivity contribution in [1.82, 2.24) is 0 Å². The van der Waals surface area contributed by atoms with Gasteiger partial charge in [-0.25, -0.2) is 4.99 Å². The van der Waals surface area contributed by atoms with Crippen LogP contribution in [-0.4, -0.2) is 18.6 Å². The summed E-state index contributed by atoms with van der Waals surface area (Å²) in [6.45, 7) is 0. The van der Waals surface area contributed by atoms with Crippen LogP contribution in [0.4, 0.5) is 0 Å². The van der Waals surface area contributed by atoms with E-state index in [1.807, 2.05) is 30.5 Å². The number of thiophene rings is 1. The van der Waals surface area contributed by atoms with E-state index in [1.54, 1.807) is 0 Å². The molecule has 0 amide bonds. The van der Waals surface area contributed by atoms with Crippen LogP contribution in [0.3, 0.4) is 0 Å². The standard InChI is InChI=1S/C53H34N2OS/c1-54-53(55-51(38-31-26-33-12-2-3-14-37(33)32-38)45-22-9-20-43-42-17-6-7-25-48(42)57-52(43)45)44-21-11-24-47-50(44)49-41(19-10-23-46(49)56-47)36-29-27-35(28-30-36)40-18-8-15-34-13-4-5-16-39(34)40/h2-32H,1H3/b54-53-,55-51-. The molecular formula is C53H34N2OS. The van der Waals surface area contributed by atoms with Gasteiger partial charge < -0.3 is 4.42 Å². The molecule has 0 atom stereocenters. The van der Waals surface area contributed by atoms with Gasteiger partial charge in [0.1, 0.15) is 11.2 Å². The molecule has 0 aliphatic heterocycles. The van der Waals surface area contributed by atoms with Crippen LogP contribution in [-0.2, 0) is 0 Å². The molecule has 57 heavy (non-hydrogen) atoms. The van der Waals surface area contributed by atoms with Crippen LogP contribution in [0.2, 0.25) is 0 Å². The first-order valence-corrected chi connectivity index (χ1v) is 20.0. The highest BCUT2D eigenvalue weighted by Gasteiger charge is 2.21. The number of rotatable bonds is 5. The third-order valence-corrected chi connectivity index (χ3v) is 12.4. The molecule has 2 heterocycles. The van der Waals surface area contributed by atoms with Gasteiger partial charge in [0.2, 0.25) is 0 Å². The first kappa shape index (κ1) is 33.2. The van der Waals surface area contributed by atoms with Gasteiger partial charge in [0.05, 0.1) is 5.71 Å². The normalized spacial score (nSPS) is 12.5. The molecule has 0 N–H and O–H groups in total. The maximum absolute atomic E-state index is 6.60. The van der Waals surface area contributed by atoms with E-state index in [9.17, 15) is 0 Å². The summed E-state index contributed by atoms with van der Waals surface area (Å²) >= 11 is 1.81. The number of aliphatic imine (C=N–C) groups is 2. The van der Waals surface area contributed by atoms with Crippen molar-refractivity contribution in [2.45, 2.75) is 0 Å². The fourth-order valence-corrected chi connectivity index (χ4v) is 9.70. The zero-order chi connectivity index (χ0) is 37.9. The Balaban J connectivity index is 1.10. The summed E-state index contributed by atoms with van der Waals surface area (Å²) in [5, 5.41) is 9.39. The molecule has 11 rings (SSSR count). The largest absolute Gasteiger partial charge is 0.456 e. The molecule has 0 spiro atoms. The Morgan fingerprint density at radius 2 is 1.09 bits per heavy atom. The molecule has 0 aliphatic rings. The lowest BCUT2D eigenvalue weighted by Gasteiger charge is -2.13. The molecule has 2 aromatic heterocycles. The van der Waals surface area contributed by atoms with Crippen molar-refractivity contribution in [3.8, 4) is 22.3 Å². The predicted octanol–water partition coefficient (Wildman–Crippen LogP) is 14.5. The second-order valence-corrected chi connectivity index (χ2v) is 15.5. The molecule has 4 heteroatoms. The van der Waals surface area contributed by atoms with Gasteiger partial charge in [0, 0.05) is 54.7 Å². The summed E-state index contributed by atoms with van der Waals surface area (Å²) in [7, 11) is 1.84. The summed E-state index contributed by atoms with van der Waals surface area (Å²) in [5.41, 5.74) is 10.2. The molecule has 0 aliphatic carbocycles. The summed E-state index contributed by atoms with van der Waals surface area (Å²) in [4.78, 5) is 10.5. The fourth-order valence-electron chi connectivity index (χ4n) is 8.49. The first-order chi connectivity index (χ1) is 28.2. The van der Waals surface area contributed by atoms with Crippen LogP contribution >= 0.6 is 11.3 Å². The Labute approximate surface area is 333 Å². The van der Waals surface area contributed by atoms with E-state index in [-0.39, 0.29) is 0 Å². The number of fused-ring (bicyclic) bond motifs is 8. The maximum atomic E-state index is 6.60. The van der Waals surface area contributed by atoms with Gasteiger partial charge >= 0.3 is 0 Å². The van der Waals surface area contributed by atoms with Crippen LogP contribution in [0.1, 0.15) is 16.7 Å². The number of benzene rings is 9. The van der Waals surface area contributed by atoms with E-state index < -0.39 is 0 Å². The molecule has 0 saturated heterocycles. The highest BCUT2D eigenvalue weighted by molar-refractivity contribution is 7.26. The SMILES string of the molecule is C/N=C(\N=C(\c1ccc2ccccc2c1)c1cccc2c1sc1ccccc12)c1cccc2oc3cccc(-c4ccc(-c5cccc6ccccc56)cc4)c3c12. The van der Waals surface area contributed by atoms with E-state index in [1.165, 1.54) is 52.8 Å². The molecule has 0 bridgehead atoms. The van der Waals surface area contributed by atoms with E-state index in [0.717, 1.165) is 55.5 Å². The Morgan fingerprint density at radius 3 is 1.93 bits per heavy atom. The lowest BCUT2D eigenvalue weighted by Crippen LogP contribution is -2.09. The molecule has 0 radical (unpaired) electrons. The van der Waals surface area contributed by atoms with Gasteiger partial charge in [-0.3, -0.25) is 4.99 Å². The number of amidine groups is 1. The van der Waals surface area contributed by atoms with E-state index in [0.29, 0.717) is 5.84 Å². The van der Waals surface area contributed by atoms with Gasteiger partial charge in [-0.15, -0.1) is 11.3 Å². The summed E-state index contributed by atoms with van der Waals surface area (Å²) < 4.78 is 9.07. The summed E-state index contributed by atoms with van der Waals surface area (Å²) in [5.74, 6) is 0.644. The lowest BCUT2D eigenvalue weighted by atomic mass is 9.94. The monoisotopic (exact) mass is 746 g/mol. The van der Waals surface area contributed by atoms with Crippen LogP contribution in [0.15, 0.2) is 202 Å². The van der Waals surface area contributed by atoms with E-state index in [4.69, 9.17) is 14.4 Å². The fraction of sp³-hybridized carbons (Fsp3) is 0.0189. The van der Waals surface area contributed by atoms with Crippen LogP contribution in [0.5, 0.6) is 0 Å². The average Bonchev–Trinajstić information content (AvgIpc) is 3.86. The Bertz CT molecular complexity index is 3420. The molecule has 11 aromatic rings. The highest BCUT2D eigenvalue weighted by Crippen LogP contribution is 2.41. The second-order valence-electron chi connectivity index (χ2n) is 14.4. The van der Waals surface area contributed by atoms with Gasteiger partial charge in [-0.2, -0.15) is 0 Å². The number of hydrogen-bond acceptors (Lipinski definition) is 3. The molecule has 0 saturated carbocycles. The third kappa shape index (κ3) is 5.56. The van der Waals surface area contributed by atoms with Crippen LogP contribution in [0, 0.1) is 0 Å². The Hall–Kier alpha value is -7.14. The quantitative estimate of drug-likeness (QED) is 0.128. The molecule has 0 unspecified atom stereocenters. The molecular weight excluding hydrogens is 713 g/mol. The first-order valence-electron chi connectivity index (χ1n) is 19.2. The zero-order valence-corrected chi connectivity index (χ0v) is 31.9. The van der Waals surface area contributed by atoms with Gasteiger partial charge in [0.15, 0.2) is 5.84 Å². The maximum Gasteiger partial charge on any atom is 0.155 e. The molecule has 9 aromatic carbocycles. The average molecular weight is 747 g/mol. The van der Waals surface area contributed by atoms with Crippen molar-refractivity contribution in [3.05, 3.63) is 205 Å². The number of hydrogen-bond donors (Lipinski definition) is 0. The molecule has 0 fully saturated rings. The van der Waals surface area contributed by atoms with Crippen molar-refractivity contribution in [1.29, 1.82) is 0 Å². The second kappa shape index (κ2) is 13.6. The number of nitrogens with zero attached hydrogens (tertiary/aromatic N) is 2. The van der Waals surface area contributed by atoms with Crippen LogP contribution in [0.25, 0.3) is 85.9 Å². The van der Waals surface area contributed by atoms with Crippen molar-refractivity contribution < 1.29 is 4.42 Å². The smallest absolute Gasteiger partial charge is 0.155 e. The zero-order valence-electron chi connectivity index (χ0n) is 31.1. The number of furan rings is 1. The van der Waals surface area contributed by atoms with Crippen molar-refractivity contribution in [2.24, 2.45) is 9.98 Å². The Kier molecular flexibility index (Phi) is 7.90. The topological polar surface area (TPSA) is 37.9 Å². The minimum atomic E-state index is 0.644. The third-order valence-electron chi connectivity index (χ3n) is 11.2. The van der Waals surface area contributed by atoms with Gasteiger partial charge in [-0.05, 0) is 68.1 Å². The molecule has 268 valence electrons. The van der Waals surface area contributed by atoms with Gasteiger partial charge in [-0.1, -0.05) is 164 Å².